The molecule has 0 fully saturated rings. The Hall–Kier alpha value is -1.50. The number of hydrogen-bond donors (Lipinski definition) is 0. The van der Waals surface area contributed by atoms with E-state index in [4.69, 9.17) is 0 Å². The van der Waals surface area contributed by atoms with E-state index in [0.717, 1.165) is 18.7 Å². The molecule has 0 aliphatic heterocycles. The zero-order chi connectivity index (χ0) is 13.7. The van der Waals surface area contributed by atoms with Gasteiger partial charge in [0.1, 0.15) is 0 Å². The second-order valence-electron chi connectivity index (χ2n) is 4.57. The van der Waals surface area contributed by atoms with Crippen molar-refractivity contribution in [3.63, 3.8) is 0 Å². The van der Waals surface area contributed by atoms with Gasteiger partial charge in [0.15, 0.2) is 0 Å². The fourth-order valence-corrected chi connectivity index (χ4v) is 2.30. The molecule has 2 heteroatoms. The zero-order valence-electron chi connectivity index (χ0n) is 12.1. The van der Waals surface area contributed by atoms with Crippen molar-refractivity contribution in [2.75, 3.05) is 13.1 Å². The molecule has 2 aromatic rings. The van der Waals surface area contributed by atoms with Gasteiger partial charge in [0.25, 0.3) is 0 Å². The van der Waals surface area contributed by atoms with Crippen LogP contribution in [0.25, 0.3) is 11.3 Å². The van der Waals surface area contributed by atoms with Crippen LogP contribution in [0.2, 0.25) is 0 Å². The van der Waals surface area contributed by atoms with Gasteiger partial charge in [-0.3, -0.25) is 0 Å². The van der Waals surface area contributed by atoms with Gasteiger partial charge in [0, 0.05) is 30.2 Å². The van der Waals surface area contributed by atoms with Gasteiger partial charge in [-0.2, -0.15) is 12.1 Å². The van der Waals surface area contributed by atoms with Gasteiger partial charge in [-0.15, -0.1) is 23.4 Å². The molecule has 2 rings (SSSR count). The monoisotopic (exact) mass is 307 g/mol. The van der Waals surface area contributed by atoms with Crippen molar-refractivity contribution in [1.29, 1.82) is 0 Å². The quantitative estimate of drug-likeness (QED) is 0.431. The average molecular weight is 307 g/mol. The number of hydrogen-bond acceptors (Lipinski definition) is 1. The SMILES string of the molecule is C=C(C=C([c-]1cccc1)N(CC)CC)[c-]1[cH-][cH-][cH-][cH-]1.[Fe]. The van der Waals surface area contributed by atoms with E-state index >= 15 is 0 Å². The van der Waals surface area contributed by atoms with Crippen molar-refractivity contribution >= 4 is 11.3 Å². The van der Waals surface area contributed by atoms with E-state index in [9.17, 15) is 0 Å². The summed E-state index contributed by atoms with van der Waals surface area (Å²) in [5.41, 5.74) is 4.77. The molecule has 1 nitrogen and oxygen atoms in total. The molecule has 0 aliphatic rings. The minimum atomic E-state index is 0. The molecule has 2 aromatic carbocycles. The first-order valence-electron chi connectivity index (χ1n) is 6.86. The average Bonchev–Trinajstić information content (AvgIpc) is 3.12. The normalized spacial score (nSPS) is 11.0. The van der Waals surface area contributed by atoms with Crippen LogP contribution in [-0.2, 0) is 17.1 Å². The summed E-state index contributed by atoms with van der Waals surface area (Å²) in [6.07, 6.45) is 2.19. The molecule has 0 aromatic heterocycles. The van der Waals surface area contributed by atoms with Gasteiger partial charge in [0.05, 0.1) is 0 Å². The van der Waals surface area contributed by atoms with E-state index in [1.807, 2.05) is 12.1 Å². The van der Waals surface area contributed by atoms with Crippen LogP contribution in [0.3, 0.4) is 0 Å². The maximum atomic E-state index is 4.19. The Balaban J connectivity index is 0.00000200. The van der Waals surface area contributed by atoms with E-state index < -0.39 is 0 Å². The third-order valence-electron chi connectivity index (χ3n) is 3.41. The Kier molecular flexibility index (Phi) is 6.57. The standard InChI is InChI=1S/C18H21N.Fe/c1-4-19(5-2)18(17-12-8-9-13-17)14-15(3)16-10-6-7-11-16;/h6-14H,3-5H2,1-2H3;/q-6;. The molecule has 0 spiro atoms. The summed E-state index contributed by atoms with van der Waals surface area (Å²) in [5.74, 6) is 0. The van der Waals surface area contributed by atoms with Crippen molar-refractivity contribution < 1.29 is 17.1 Å². The topological polar surface area (TPSA) is 3.24 Å². The predicted octanol–water partition coefficient (Wildman–Crippen LogP) is 4.52. The van der Waals surface area contributed by atoms with Gasteiger partial charge in [-0.25, -0.2) is 0 Å². The summed E-state index contributed by atoms with van der Waals surface area (Å²) in [6, 6.07) is 16.8. The van der Waals surface area contributed by atoms with E-state index in [2.05, 4.69) is 67.8 Å². The molecule has 0 saturated carbocycles. The van der Waals surface area contributed by atoms with Crippen LogP contribution >= 0.6 is 0 Å². The van der Waals surface area contributed by atoms with Crippen LogP contribution in [-0.4, -0.2) is 18.0 Å². The molecule has 112 valence electrons. The first-order valence-corrected chi connectivity index (χ1v) is 6.86. The smallest absolute Gasteiger partial charge is 0.0121 e. The van der Waals surface area contributed by atoms with E-state index in [1.54, 1.807) is 0 Å². The fraction of sp³-hybridized carbons (Fsp3) is 0.222. The van der Waals surface area contributed by atoms with Gasteiger partial charge in [-0.1, -0.05) is 0 Å². The Morgan fingerprint density at radius 3 is 2.20 bits per heavy atom. The van der Waals surface area contributed by atoms with Crippen molar-refractivity contribution in [2.24, 2.45) is 0 Å². The Morgan fingerprint density at radius 1 is 1.15 bits per heavy atom. The third-order valence-corrected chi connectivity index (χ3v) is 3.41. The van der Waals surface area contributed by atoms with Crippen LogP contribution in [0, 0.1) is 0 Å². The molecule has 20 heavy (non-hydrogen) atoms. The first kappa shape index (κ1) is 16.6. The number of allylic oxidation sites excluding steroid dienone is 2. The maximum Gasteiger partial charge on any atom is 0.0121 e. The van der Waals surface area contributed by atoms with Crippen molar-refractivity contribution in [2.45, 2.75) is 13.8 Å². The van der Waals surface area contributed by atoms with Crippen LogP contribution in [0.15, 0.2) is 61.2 Å². The molecule has 0 atom stereocenters. The van der Waals surface area contributed by atoms with Crippen molar-refractivity contribution in [1.82, 2.24) is 4.90 Å². The van der Waals surface area contributed by atoms with Crippen molar-refractivity contribution in [3.8, 4) is 0 Å². The zero-order valence-corrected chi connectivity index (χ0v) is 13.2. The first-order chi connectivity index (χ1) is 9.26. The maximum absolute atomic E-state index is 4.19. The molecular formula is C18H21FeN-6. The summed E-state index contributed by atoms with van der Waals surface area (Å²) in [5, 5.41) is 0. The van der Waals surface area contributed by atoms with Gasteiger partial charge >= 0.3 is 0 Å². The Morgan fingerprint density at radius 2 is 1.70 bits per heavy atom. The predicted molar refractivity (Wildman–Crippen MR) is 84.0 cm³/mol. The van der Waals surface area contributed by atoms with E-state index in [0.29, 0.717) is 0 Å². The van der Waals surface area contributed by atoms with Crippen LogP contribution in [0.4, 0.5) is 0 Å². The molecule has 0 aliphatic carbocycles. The molecule has 0 unspecified atom stereocenters. The van der Waals surface area contributed by atoms with E-state index in [-0.39, 0.29) is 17.1 Å². The second kappa shape index (κ2) is 7.94. The number of rotatable bonds is 6. The largest absolute Gasteiger partial charge is 0.642 e. The van der Waals surface area contributed by atoms with E-state index in [1.165, 1.54) is 16.8 Å². The summed E-state index contributed by atoms with van der Waals surface area (Å²) < 4.78 is 0. The number of nitrogens with zero attached hydrogens (tertiary/aromatic N) is 1. The summed E-state index contributed by atoms with van der Waals surface area (Å²) >= 11 is 0. The minimum absolute atomic E-state index is 0. The van der Waals surface area contributed by atoms with Crippen LogP contribution in [0.5, 0.6) is 0 Å². The molecule has 0 heterocycles. The minimum Gasteiger partial charge on any atom is -0.642 e. The Labute approximate surface area is 132 Å². The van der Waals surface area contributed by atoms with Gasteiger partial charge in [-0.05, 0) is 13.8 Å². The van der Waals surface area contributed by atoms with Crippen LogP contribution < -0.4 is 0 Å². The molecule has 0 radical (unpaired) electrons. The Bertz CT molecular complexity index is 528. The van der Waals surface area contributed by atoms with Crippen LogP contribution in [0.1, 0.15) is 25.0 Å². The molecule has 0 N–H and O–H groups in total. The molecular weight excluding hydrogens is 286 g/mol. The van der Waals surface area contributed by atoms with Gasteiger partial charge < -0.3 is 53.0 Å². The molecule has 0 bridgehead atoms. The second-order valence-corrected chi connectivity index (χ2v) is 4.57. The summed E-state index contributed by atoms with van der Waals surface area (Å²) in [6.45, 7) is 10.6. The summed E-state index contributed by atoms with van der Waals surface area (Å²) in [7, 11) is 0. The fourth-order valence-electron chi connectivity index (χ4n) is 2.30. The third kappa shape index (κ3) is 3.75. The van der Waals surface area contributed by atoms with Crippen molar-refractivity contribution in [3.05, 3.63) is 72.3 Å². The summed E-state index contributed by atoms with van der Waals surface area (Å²) in [4.78, 5) is 2.36. The van der Waals surface area contributed by atoms with Gasteiger partial charge in [0.2, 0.25) is 0 Å². The molecule has 0 saturated heterocycles. The molecule has 0 amide bonds.